The highest BCUT2D eigenvalue weighted by Gasteiger charge is 2.26. The normalized spacial score (nSPS) is 12.4. The van der Waals surface area contributed by atoms with Gasteiger partial charge < -0.3 is 10.0 Å². The molecule has 0 saturated carbocycles. The molecule has 1 N–H and O–H groups in total. The third-order valence-corrected chi connectivity index (χ3v) is 4.58. The molecule has 2 rings (SSSR count). The fourth-order valence-corrected chi connectivity index (χ4v) is 3.53. The minimum Gasteiger partial charge on any atom is -0.508 e. The second-order valence-electron chi connectivity index (χ2n) is 6.86. The van der Waals surface area contributed by atoms with Crippen LogP contribution in [0.2, 0.25) is 5.02 Å². The van der Waals surface area contributed by atoms with Crippen molar-refractivity contribution in [3.63, 3.8) is 0 Å². The molecule has 134 valence electrons. The highest BCUT2D eigenvalue weighted by Crippen LogP contribution is 2.36. The van der Waals surface area contributed by atoms with Crippen molar-refractivity contribution in [2.24, 2.45) is 0 Å². The van der Waals surface area contributed by atoms with Crippen molar-refractivity contribution in [1.82, 2.24) is 4.90 Å². The maximum absolute atomic E-state index is 13.0. The van der Waals surface area contributed by atoms with E-state index in [1.807, 2.05) is 62.9 Å². The molecule has 0 fully saturated rings. The molecule has 0 aliphatic rings. The van der Waals surface area contributed by atoms with Crippen LogP contribution in [0.15, 0.2) is 48.5 Å². The fourth-order valence-electron chi connectivity index (χ4n) is 3.35. The summed E-state index contributed by atoms with van der Waals surface area (Å²) < 4.78 is 0. The first-order chi connectivity index (χ1) is 11.8. The highest BCUT2D eigenvalue weighted by molar-refractivity contribution is 6.30. The first-order valence-electron chi connectivity index (χ1n) is 8.65. The van der Waals surface area contributed by atoms with Crippen LogP contribution in [0.3, 0.4) is 0 Å². The zero-order valence-electron chi connectivity index (χ0n) is 15.2. The van der Waals surface area contributed by atoms with E-state index in [1.165, 1.54) is 0 Å². The van der Waals surface area contributed by atoms with E-state index in [4.69, 9.17) is 11.6 Å². The van der Waals surface area contributed by atoms with E-state index in [0.29, 0.717) is 10.6 Å². The number of hydrogen-bond donors (Lipinski definition) is 1. The van der Waals surface area contributed by atoms with Crippen LogP contribution >= 0.6 is 11.6 Å². The minimum atomic E-state index is -0.243. The summed E-state index contributed by atoms with van der Waals surface area (Å²) in [6, 6.07) is 15.0. The van der Waals surface area contributed by atoms with Crippen LogP contribution in [0, 0.1) is 0 Å². The van der Waals surface area contributed by atoms with Gasteiger partial charge in [-0.05, 0) is 51.5 Å². The number of benzene rings is 2. The maximum Gasteiger partial charge on any atom is 0.223 e. The van der Waals surface area contributed by atoms with Gasteiger partial charge in [0.2, 0.25) is 5.91 Å². The number of phenolic OH excluding ortho intramolecular Hbond substituents is 1. The van der Waals surface area contributed by atoms with Gasteiger partial charge in [0, 0.05) is 35.0 Å². The number of hydrogen-bond acceptors (Lipinski definition) is 2. The predicted molar refractivity (Wildman–Crippen MR) is 103 cm³/mol. The number of phenols is 1. The van der Waals surface area contributed by atoms with Gasteiger partial charge in [-0.1, -0.05) is 41.9 Å². The predicted octanol–water partition coefficient (Wildman–Crippen LogP) is 5.21. The first-order valence-corrected chi connectivity index (χ1v) is 9.03. The van der Waals surface area contributed by atoms with Gasteiger partial charge in [-0.25, -0.2) is 0 Å². The number of aromatic hydroxyl groups is 1. The second kappa shape index (κ2) is 8.39. The maximum atomic E-state index is 13.0. The molecule has 0 bridgehead atoms. The van der Waals surface area contributed by atoms with Crippen LogP contribution in [0.25, 0.3) is 0 Å². The average molecular weight is 360 g/mol. The zero-order valence-corrected chi connectivity index (χ0v) is 16.0. The summed E-state index contributed by atoms with van der Waals surface area (Å²) >= 11 is 6.14. The lowest BCUT2D eigenvalue weighted by Crippen LogP contribution is -2.42. The fraction of sp³-hybridized carbons (Fsp3) is 0.381. The Morgan fingerprint density at radius 3 is 2.20 bits per heavy atom. The van der Waals surface area contributed by atoms with E-state index in [0.717, 1.165) is 5.56 Å². The summed E-state index contributed by atoms with van der Waals surface area (Å²) in [5.74, 6) is -0.0164. The molecule has 2 aromatic rings. The Kier molecular flexibility index (Phi) is 6.49. The van der Waals surface area contributed by atoms with Crippen LogP contribution in [0.4, 0.5) is 0 Å². The molecule has 0 aromatic heterocycles. The van der Waals surface area contributed by atoms with Gasteiger partial charge in [0.25, 0.3) is 0 Å². The number of rotatable bonds is 6. The van der Waals surface area contributed by atoms with Crippen LogP contribution in [0.1, 0.15) is 51.2 Å². The third kappa shape index (κ3) is 4.76. The molecule has 2 aromatic carbocycles. The summed E-state index contributed by atoms with van der Waals surface area (Å²) in [4.78, 5) is 14.9. The monoisotopic (exact) mass is 359 g/mol. The number of amides is 1. The largest absolute Gasteiger partial charge is 0.508 e. The van der Waals surface area contributed by atoms with Gasteiger partial charge in [-0.2, -0.15) is 0 Å². The Morgan fingerprint density at radius 2 is 1.64 bits per heavy atom. The molecule has 0 aliphatic carbocycles. The topological polar surface area (TPSA) is 40.5 Å². The van der Waals surface area contributed by atoms with E-state index in [-0.39, 0.29) is 36.1 Å². The lowest BCUT2D eigenvalue weighted by molar-refractivity contribution is -0.135. The minimum absolute atomic E-state index is 0.0678. The smallest absolute Gasteiger partial charge is 0.223 e. The second-order valence-corrected chi connectivity index (χ2v) is 7.30. The first kappa shape index (κ1) is 19.3. The molecule has 0 aliphatic heterocycles. The van der Waals surface area contributed by atoms with Gasteiger partial charge >= 0.3 is 0 Å². The van der Waals surface area contributed by atoms with Crippen LogP contribution in [-0.2, 0) is 4.79 Å². The van der Waals surface area contributed by atoms with Crippen molar-refractivity contribution in [3.05, 3.63) is 64.7 Å². The van der Waals surface area contributed by atoms with E-state index in [1.54, 1.807) is 18.2 Å². The van der Waals surface area contributed by atoms with Gasteiger partial charge in [0.1, 0.15) is 5.75 Å². The standard InChI is InChI=1S/C21H26ClNO2/c1-14(2)23(15(3)4)21(25)13-18(16-8-6-5-7-9-16)19-12-17(22)10-11-20(19)24/h5-12,14-15,18,24H,13H2,1-4H3. The molecule has 25 heavy (non-hydrogen) atoms. The van der Waals surface area contributed by atoms with Crippen LogP contribution in [0.5, 0.6) is 5.75 Å². The summed E-state index contributed by atoms with van der Waals surface area (Å²) in [6.45, 7) is 8.08. The zero-order chi connectivity index (χ0) is 18.6. The Morgan fingerprint density at radius 1 is 1.04 bits per heavy atom. The Bertz CT molecular complexity index is 705. The van der Waals surface area contributed by atoms with Crippen molar-refractivity contribution < 1.29 is 9.90 Å². The lowest BCUT2D eigenvalue weighted by atomic mass is 9.87. The van der Waals surface area contributed by atoms with Gasteiger partial charge in [0.15, 0.2) is 0 Å². The van der Waals surface area contributed by atoms with Crippen molar-refractivity contribution in [2.75, 3.05) is 0 Å². The molecular formula is C21H26ClNO2. The SMILES string of the molecule is CC(C)N(C(=O)CC(c1ccccc1)c1cc(Cl)ccc1O)C(C)C. The molecule has 0 heterocycles. The van der Waals surface area contributed by atoms with Gasteiger partial charge in [0.05, 0.1) is 0 Å². The Labute approximate surface area is 155 Å². The van der Waals surface area contributed by atoms with E-state index < -0.39 is 0 Å². The molecule has 4 heteroatoms. The number of halogens is 1. The van der Waals surface area contributed by atoms with Gasteiger partial charge in [-0.3, -0.25) is 4.79 Å². The van der Waals surface area contributed by atoms with E-state index in [2.05, 4.69) is 0 Å². The average Bonchev–Trinajstić information content (AvgIpc) is 2.55. The van der Waals surface area contributed by atoms with Crippen LogP contribution in [-0.4, -0.2) is 28.0 Å². The van der Waals surface area contributed by atoms with E-state index in [9.17, 15) is 9.90 Å². The molecule has 1 amide bonds. The highest BCUT2D eigenvalue weighted by atomic mass is 35.5. The Balaban J connectivity index is 2.43. The number of nitrogens with zero attached hydrogens (tertiary/aromatic N) is 1. The molecular weight excluding hydrogens is 334 g/mol. The van der Waals surface area contributed by atoms with E-state index >= 15 is 0 Å². The number of carbonyl (C=O) groups is 1. The molecule has 0 spiro atoms. The molecule has 0 saturated heterocycles. The summed E-state index contributed by atoms with van der Waals surface area (Å²) in [5.41, 5.74) is 1.67. The van der Waals surface area contributed by atoms with Crippen LogP contribution < -0.4 is 0 Å². The molecule has 0 radical (unpaired) electrons. The van der Waals surface area contributed by atoms with Crippen molar-refractivity contribution >= 4 is 17.5 Å². The number of carbonyl (C=O) groups excluding carboxylic acids is 1. The molecule has 1 unspecified atom stereocenters. The van der Waals surface area contributed by atoms with Crippen molar-refractivity contribution in [1.29, 1.82) is 0 Å². The third-order valence-electron chi connectivity index (χ3n) is 4.35. The molecule has 3 nitrogen and oxygen atoms in total. The quantitative estimate of drug-likeness (QED) is 0.768. The van der Waals surface area contributed by atoms with Crippen molar-refractivity contribution in [2.45, 2.75) is 52.1 Å². The van der Waals surface area contributed by atoms with Gasteiger partial charge in [-0.15, -0.1) is 0 Å². The van der Waals surface area contributed by atoms with Crippen molar-refractivity contribution in [3.8, 4) is 5.75 Å². The molecule has 1 atom stereocenters. The summed E-state index contributed by atoms with van der Waals surface area (Å²) in [5, 5.41) is 10.9. The summed E-state index contributed by atoms with van der Waals surface area (Å²) in [7, 11) is 0. The Hall–Kier alpha value is -2.00. The lowest BCUT2D eigenvalue weighted by Gasteiger charge is -2.32. The summed E-state index contributed by atoms with van der Waals surface area (Å²) in [6.07, 6.45) is 0.286.